The third-order valence-corrected chi connectivity index (χ3v) is 4.13. The maximum absolute atomic E-state index is 12.6. The Morgan fingerprint density at radius 3 is 2.79 bits per heavy atom. The fraction of sp³-hybridized carbons (Fsp3) is 0.733. The molecule has 0 radical (unpaired) electrons. The lowest BCUT2D eigenvalue weighted by molar-refractivity contribution is -0.139. The van der Waals surface area contributed by atoms with E-state index in [0.29, 0.717) is 25.4 Å². The number of unbranched alkanes of at least 4 members (excludes halogenated alkanes) is 2. The minimum absolute atomic E-state index is 0.00567. The van der Waals surface area contributed by atoms with Crippen LogP contribution >= 0.6 is 0 Å². The van der Waals surface area contributed by atoms with E-state index in [4.69, 9.17) is 6.42 Å². The fourth-order valence-electron chi connectivity index (χ4n) is 2.75. The van der Waals surface area contributed by atoms with E-state index in [1.807, 2.05) is 11.8 Å². The molecule has 1 heterocycles. The second-order valence-electron chi connectivity index (χ2n) is 5.73. The van der Waals surface area contributed by atoms with Crippen molar-refractivity contribution >= 4 is 11.8 Å². The lowest BCUT2D eigenvalue weighted by Gasteiger charge is -2.32. The number of nitrogens with one attached hydrogen (secondary N) is 1. The predicted molar refractivity (Wildman–Crippen MR) is 73.2 cm³/mol. The van der Waals surface area contributed by atoms with Gasteiger partial charge in [0.05, 0.1) is 0 Å². The fourth-order valence-corrected chi connectivity index (χ4v) is 2.75. The van der Waals surface area contributed by atoms with Crippen molar-refractivity contribution in [2.24, 2.45) is 5.92 Å². The third kappa shape index (κ3) is 3.09. The normalized spacial score (nSPS) is 27.7. The van der Waals surface area contributed by atoms with Crippen molar-refractivity contribution in [3.8, 4) is 12.3 Å². The summed E-state index contributed by atoms with van der Waals surface area (Å²) in [6, 6.07) is 0. The molecule has 4 heteroatoms. The Balaban J connectivity index is 2.00. The Kier molecular flexibility index (Phi) is 4.14. The summed E-state index contributed by atoms with van der Waals surface area (Å²) < 4.78 is 0. The van der Waals surface area contributed by atoms with E-state index in [0.717, 1.165) is 32.1 Å². The number of hydrogen-bond acceptors (Lipinski definition) is 2. The first kappa shape index (κ1) is 13.9. The summed E-state index contributed by atoms with van der Waals surface area (Å²) in [6.45, 7) is 3.12. The molecule has 0 aromatic rings. The number of hydrogen-bond donors (Lipinski definition) is 1. The Morgan fingerprint density at radius 1 is 1.42 bits per heavy atom. The maximum Gasteiger partial charge on any atom is 0.248 e. The molecule has 0 aromatic carbocycles. The van der Waals surface area contributed by atoms with Crippen molar-refractivity contribution in [3.63, 3.8) is 0 Å². The molecule has 1 aliphatic heterocycles. The lowest BCUT2D eigenvalue weighted by Crippen LogP contribution is -2.56. The summed E-state index contributed by atoms with van der Waals surface area (Å²) in [5.41, 5.74) is -0.681. The highest BCUT2D eigenvalue weighted by Crippen LogP contribution is 2.41. The molecule has 1 aliphatic carbocycles. The van der Waals surface area contributed by atoms with Crippen LogP contribution in [0.1, 0.15) is 45.4 Å². The summed E-state index contributed by atoms with van der Waals surface area (Å²) >= 11 is 0. The van der Waals surface area contributed by atoms with Gasteiger partial charge in [-0.2, -0.15) is 0 Å². The van der Waals surface area contributed by atoms with Crippen molar-refractivity contribution in [2.75, 3.05) is 13.1 Å². The number of terminal acetylenes is 1. The minimum Gasteiger partial charge on any atom is -0.342 e. The molecule has 4 nitrogen and oxygen atoms in total. The molecule has 2 aliphatic rings. The van der Waals surface area contributed by atoms with E-state index in [-0.39, 0.29) is 11.8 Å². The largest absolute Gasteiger partial charge is 0.342 e. The van der Waals surface area contributed by atoms with Gasteiger partial charge in [-0.3, -0.25) is 9.59 Å². The van der Waals surface area contributed by atoms with Gasteiger partial charge in [0.1, 0.15) is 5.54 Å². The average molecular weight is 262 g/mol. The van der Waals surface area contributed by atoms with Gasteiger partial charge in [0.25, 0.3) is 0 Å². The molecule has 104 valence electrons. The smallest absolute Gasteiger partial charge is 0.248 e. The van der Waals surface area contributed by atoms with Crippen LogP contribution in [0, 0.1) is 18.3 Å². The summed E-state index contributed by atoms with van der Waals surface area (Å²) in [4.78, 5) is 26.3. The van der Waals surface area contributed by atoms with Crippen LogP contribution in [0.25, 0.3) is 0 Å². The molecule has 0 aromatic heterocycles. The van der Waals surface area contributed by atoms with Crippen LogP contribution in [0.15, 0.2) is 0 Å². The van der Waals surface area contributed by atoms with Gasteiger partial charge < -0.3 is 10.2 Å². The Labute approximate surface area is 114 Å². The molecule has 1 saturated carbocycles. The molecule has 0 spiro atoms. The SMILES string of the molecule is C#CCCCCN1CCC(=O)NC(C)(C2CC2)C1=O. The van der Waals surface area contributed by atoms with E-state index in [2.05, 4.69) is 11.2 Å². The van der Waals surface area contributed by atoms with Crippen LogP contribution < -0.4 is 5.32 Å². The van der Waals surface area contributed by atoms with Crippen LogP contribution in [0.2, 0.25) is 0 Å². The highest BCUT2D eigenvalue weighted by molar-refractivity contribution is 5.93. The average Bonchev–Trinajstić information content (AvgIpc) is 3.20. The zero-order chi connectivity index (χ0) is 13.9. The summed E-state index contributed by atoms with van der Waals surface area (Å²) in [6.07, 6.45) is 10.3. The molecular formula is C15H22N2O2. The van der Waals surface area contributed by atoms with Crippen molar-refractivity contribution in [2.45, 2.75) is 51.0 Å². The standard InChI is InChI=1S/C15H22N2O2/c1-3-4-5-6-10-17-11-9-13(18)16-15(2,14(17)19)12-7-8-12/h1,12H,4-11H2,2H3,(H,16,18). The summed E-state index contributed by atoms with van der Waals surface area (Å²) in [7, 11) is 0. The Morgan fingerprint density at radius 2 is 2.16 bits per heavy atom. The van der Waals surface area contributed by atoms with E-state index < -0.39 is 5.54 Å². The minimum atomic E-state index is -0.681. The van der Waals surface area contributed by atoms with Crippen molar-refractivity contribution < 1.29 is 9.59 Å². The monoisotopic (exact) mass is 262 g/mol. The second kappa shape index (κ2) is 5.64. The van der Waals surface area contributed by atoms with Crippen molar-refractivity contribution in [1.82, 2.24) is 10.2 Å². The lowest BCUT2D eigenvalue weighted by atomic mass is 9.94. The van der Waals surface area contributed by atoms with Gasteiger partial charge in [-0.25, -0.2) is 0 Å². The van der Waals surface area contributed by atoms with E-state index in [9.17, 15) is 9.59 Å². The highest BCUT2D eigenvalue weighted by Gasteiger charge is 2.50. The number of carbonyl (C=O) groups is 2. The number of amides is 2. The molecule has 1 unspecified atom stereocenters. The first-order valence-corrected chi connectivity index (χ1v) is 7.12. The number of rotatable bonds is 5. The zero-order valence-corrected chi connectivity index (χ0v) is 11.6. The van der Waals surface area contributed by atoms with Gasteiger partial charge in [-0.1, -0.05) is 0 Å². The first-order valence-electron chi connectivity index (χ1n) is 7.12. The maximum atomic E-state index is 12.6. The van der Waals surface area contributed by atoms with Crippen LogP contribution in [0.5, 0.6) is 0 Å². The van der Waals surface area contributed by atoms with Crippen LogP contribution in [0.3, 0.4) is 0 Å². The molecular weight excluding hydrogens is 240 g/mol. The van der Waals surface area contributed by atoms with Crippen molar-refractivity contribution in [1.29, 1.82) is 0 Å². The highest BCUT2D eigenvalue weighted by atomic mass is 16.2. The third-order valence-electron chi connectivity index (χ3n) is 4.13. The zero-order valence-electron chi connectivity index (χ0n) is 11.6. The quantitative estimate of drug-likeness (QED) is 0.600. The summed E-state index contributed by atoms with van der Waals surface area (Å²) in [5, 5.41) is 2.94. The molecule has 1 N–H and O–H groups in total. The Hall–Kier alpha value is -1.50. The van der Waals surface area contributed by atoms with Crippen LogP contribution in [-0.4, -0.2) is 35.3 Å². The van der Waals surface area contributed by atoms with Gasteiger partial charge in [-0.05, 0) is 38.5 Å². The van der Waals surface area contributed by atoms with Gasteiger partial charge in [0, 0.05) is 25.9 Å². The van der Waals surface area contributed by atoms with E-state index in [1.165, 1.54) is 0 Å². The van der Waals surface area contributed by atoms with E-state index >= 15 is 0 Å². The number of carbonyl (C=O) groups excluding carboxylic acids is 2. The van der Waals surface area contributed by atoms with Gasteiger partial charge in [0.15, 0.2) is 0 Å². The first-order chi connectivity index (χ1) is 9.08. The molecule has 2 fully saturated rings. The predicted octanol–water partition coefficient (Wildman–Crippen LogP) is 1.31. The second-order valence-corrected chi connectivity index (χ2v) is 5.73. The molecule has 1 atom stereocenters. The molecule has 2 amide bonds. The molecule has 2 rings (SSSR count). The molecule has 19 heavy (non-hydrogen) atoms. The van der Waals surface area contributed by atoms with Gasteiger partial charge >= 0.3 is 0 Å². The van der Waals surface area contributed by atoms with Crippen molar-refractivity contribution in [3.05, 3.63) is 0 Å². The Bertz CT molecular complexity index is 409. The van der Waals surface area contributed by atoms with Gasteiger partial charge in [0.2, 0.25) is 11.8 Å². The summed E-state index contributed by atoms with van der Waals surface area (Å²) in [5.74, 6) is 3.00. The number of nitrogens with zero attached hydrogens (tertiary/aromatic N) is 1. The van der Waals surface area contributed by atoms with Crippen LogP contribution in [0.4, 0.5) is 0 Å². The van der Waals surface area contributed by atoms with Gasteiger partial charge in [-0.15, -0.1) is 12.3 Å². The van der Waals surface area contributed by atoms with E-state index in [1.54, 1.807) is 0 Å². The topological polar surface area (TPSA) is 49.4 Å². The molecule has 0 bridgehead atoms. The molecule has 1 saturated heterocycles. The van der Waals surface area contributed by atoms with Crippen LogP contribution in [-0.2, 0) is 9.59 Å².